The molecule has 0 saturated carbocycles. The van der Waals surface area contributed by atoms with Gasteiger partial charge in [-0.05, 0) is 122 Å². The van der Waals surface area contributed by atoms with E-state index in [0.29, 0.717) is 0 Å². The first-order valence-electron chi connectivity index (χ1n) is 17.4. The largest absolute Gasteiger partial charge is 0.306 e. The van der Waals surface area contributed by atoms with E-state index in [0.717, 1.165) is 46.0 Å². The van der Waals surface area contributed by atoms with E-state index in [4.69, 9.17) is 4.98 Å². The topological polar surface area (TPSA) is 21.1 Å². The molecule has 10 rings (SSSR count). The number of aromatic nitrogens is 2. The van der Waals surface area contributed by atoms with Gasteiger partial charge in [-0.15, -0.1) is 0 Å². The molecule has 0 spiro atoms. The molecule has 1 aliphatic rings. The highest BCUT2D eigenvalue weighted by Crippen LogP contribution is 2.48. The molecule has 3 heteroatoms. The Morgan fingerprint density at radius 1 is 0.420 bits per heavy atom. The van der Waals surface area contributed by atoms with Crippen molar-refractivity contribution in [3.8, 4) is 39.1 Å². The summed E-state index contributed by atoms with van der Waals surface area (Å²) in [5.74, 6) is 1.07. The molecule has 0 saturated heterocycles. The molecule has 0 atom stereocenters. The molecular formula is C47H33N3. The fraction of sp³-hybridized carbons (Fsp3) is 0.0426. The van der Waals surface area contributed by atoms with E-state index in [1.165, 1.54) is 54.9 Å². The lowest BCUT2D eigenvalue weighted by atomic mass is 9.91. The van der Waals surface area contributed by atoms with Crippen LogP contribution in [0.2, 0.25) is 0 Å². The van der Waals surface area contributed by atoms with Crippen LogP contribution in [0.5, 0.6) is 0 Å². The third-order valence-electron chi connectivity index (χ3n) is 10.2. The van der Waals surface area contributed by atoms with Crippen molar-refractivity contribution in [2.75, 3.05) is 4.90 Å². The van der Waals surface area contributed by atoms with Crippen LogP contribution in [-0.4, -0.2) is 9.55 Å². The zero-order valence-corrected chi connectivity index (χ0v) is 27.7. The predicted molar refractivity (Wildman–Crippen MR) is 210 cm³/mol. The van der Waals surface area contributed by atoms with Crippen molar-refractivity contribution in [1.29, 1.82) is 0 Å². The molecule has 3 nitrogen and oxygen atoms in total. The van der Waals surface area contributed by atoms with Crippen LogP contribution in [0, 0.1) is 0 Å². The Morgan fingerprint density at radius 2 is 0.980 bits per heavy atom. The molecule has 8 aromatic carbocycles. The summed E-state index contributed by atoms with van der Waals surface area (Å²) in [5.41, 5.74) is 13.9. The second-order valence-electron chi connectivity index (χ2n) is 13.2. The van der Waals surface area contributed by atoms with Crippen LogP contribution < -0.4 is 4.90 Å². The maximum atomic E-state index is 5.13. The minimum Gasteiger partial charge on any atom is -0.306 e. The van der Waals surface area contributed by atoms with E-state index < -0.39 is 0 Å². The number of fused-ring (bicyclic) bond motifs is 4. The molecule has 0 N–H and O–H groups in total. The van der Waals surface area contributed by atoms with Crippen LogP contribution in [0.25, 0.3) is 71.6 Å². The first kappa shape index (κ1) is 28.6. The van der Waals surface area contributed by atoms with Crippen molar-refractivity contribution in [2.45, 2.75) is 13.3 Å². The maximum Gasteiger partial charge on any atom is 0.114 e. The number of rotatable bonds is 5. The smallest absolute Gasteiger partial charge is 0.114 e. The number of anilines is 3. The van der Waals surface area contributed by atoms with Crippen molar-refractivity contribution < 1.29 is 0 Å². The molecule has 1 aromatic heterocycles. The number of hydrogen-bond acceptors (Lipinski definition) is 2. The van der Waals surface area contributed by atoms with Gasteiger partial charge >= 0.3 is 0 Å². The van der Waals surface area contributed by atoms with Crippen LogP contribution in [0.1, 0.15) is 12.7 Å². The van der Waals surface area contributed by atoms with Crippen LogP contribution >= 0.6 is 0 Å². The molecular weight excluding hydrogens is 607 g/mol. The number of para-hydroxylation sites is 2. The highest BCUT2D eigenvalue weighted by atomic mass is 15.2. The summed E-state index contributed by atoms with van der Waals surface area (Å²) < 4.78 is 2.39. The second-order valence-corrected chi connectivity index (χ2v) is 13.2. The average molecular weight is 640 g/mol. The van der Waals surface area contributed by atoms with Gasteiger partial charge in [0.15, 0.2) is 0 Å². The summed E-state index contributed by atoms with van der Waals surface area (Å²) in [7, 11) is 0. The first-order chi connectivity index (χ1) is 24.7. The van der Waals surface area contributed by atoms with E-state index in [1.807, 2.05) is 0 Å². The van der Waals surface area contributed by atoms with Gasteiger partial charge in [0.25, 0.3) is 0 Å². The van der Waals surface area contributed by atoms with Gasteiger partial charge in [0.1, 0.15) is 5.82 Å². The zero-order chi connectivity index (χ0) is 33.2. The van der Waals surface area contributed by atoms with E-state index >= 15 is 0 Å². The second kappa shape index (κ2) is 11.3. The number of nitrogens with zero attached hydrogens (tertiary/aromatic N) is 3. The van der Waals surface area contributed by atoms with E-state index in [2.05, 4.69) is 186 Å². The van der Waals surface area contributed by atoms with Gasteiger partial charge in [0, 0.05) is 12.1 Å². The van der Waals surface area contributed by atoms with Crippen molar-refractivity contribution in [3.05, 3.63) is 176 Å². The SMILES string of the molecule is CCc1nc2cccc3c2n1-c1cc(-c2cc(-c4ccc5ccccc5c4)cc(-c4ccc5ccccc5c4)c2)ccc1N3c1ccccc1. The molecule has 0 unspecified atom stereocenters. The standard InChI is InChI=1S/C47H33N3/c1-2-46-48-42-17-10-18-44-47(42)50(46)45-30-37(23-24-43(45)49(44)41-15-4-3-5-16-41)40-28-38(35-21-19-31-11-6-8-13-33(31)25-35)27-39(29-40)36-22-20-32-12-7-9-14-34(32)26-36/h3-30H,2H2,1H3. The molecule has 236 valence electrons. The van der Waals surface area contributed by atoms with Gasteiger partial charge in [-0.2, -0.15) is 0 Å². The fourth-order valence-corrected chi connectivity index (χ4v) is 7.76. The van der Waals surface area contributed by atoms with Crippen LogP contribution in [0.3, 0.4) is 0 Å². The third kappa shape index (κ3) is 4.55. The fourth-order valence-electron chi connectivity index (χ4n) is 7.76. The Morgan fingerprint density at radius 3 is 1.60 bits per heavy atom. The van der Waals surface area contributed by atoms with Crippen LogP contribution in [0.15, 0.2) is 170 Å². The normalized spacial score (nSPS) is 12.1. The summed E-state index contributed by atoms with van der Waals surface area (Å²) in [6, 6.07) is 61.9. The van der Waals surface area contributed by atoms with Crippen molar-refractivity contribution in [1.82, 2.24) is 9.55 Å². The first-order valence-corrected chi connectivity index (χ1v) is 17.4. The van der Waals surface area contributed by atoms with Gasteiger partial charge in [-0.25, -0.2) is 4.98 Å². The maximum absolute atomic E-state index is 5.13. The minimum absolute atomic E-state index is 0.840. The number of benzene rings is 8. The van der Waals surface area contributed by atoms with E-state index in [9.17, 15) is 0 Å². The molecule has 0 amide bonds. The summed E-state index contributed by atoms with van der Waals surface area (Å²) >= 11 is 0. The molecule has 0 fully saturated rings. The van der Waals surface area contributed by atoms with Gasteiger partial charge in [0.05, 0.1) is 28.1 Å². The number of hydrogen-bond donors (Lipinski definition) is 0. The molecule has 9 aromatic rings. The van der Waals surface area contributed by atoms with Crippen molar-refractivity contribution in [3.63, 3.8) is 0 Å². The summed E-state index contributed by atoms with van der Waals surface area (Å²) in [6.07, 6.45) is 0.840. The minimum atomic E-state index is 0.840. The summed E-state index contributed by atoms with van der Waals surface area (Å²) in [5, 5.41) is 4.98. The Balaban J connectivity index is 1.21. The van der Waals surface area contributed by atoms with Gasteiger partial charge in [0.2, 0.25) is 0 Å². The molecule has 0 aliphatic carbocycles. The lowest BCUT2D eigenvalue weighted by Crippen LogP contribution is -2.19. The summed E-state index contributed by atoms with van der Waals surface area (Å²) in [6.45, 7) is 2.19. The zero-order valence-electron chi connectivity index (χ0n) is 27.7. The molecule has 0 radical (unpaired) electrons. The highest BCUT2D eigenvalue weighted by Gasteiger charge is 2.29. The van der Waals surface area contributed by atoms with Gasteiger partial charge in [-0.3, -0.25) is 4.57 Å². The predicted octanol–water partition coefficient (Wildman–Crippen LogP) is 12.7. The average Bonchev–Trinajstić information content (AvgIpc) is 3.58. The van der Waals surface area contributed by atoms with E-state index in [1.54, 1.807) is 0 Å². The van der Waals surface area contributed by atoms with Gasteiger partial charge < -0.3 is 4.90 Å². The van der Waals surface area contributed by atoms with Crippen LogP contribution in [0.4, 0.5) is 17.1 Å². The molecule has 0 bridgehead atoms. The van der Waals surface area contributed by atoms with Crippen molar-refractivity contribution >= 4 is 49.6 Å². The quantitative estimate of drug-likeness (QED) is 0.187. The third-order valence-corrected chi connectivity index (χ3v) is 10.2. The number of aryl methyl sites for hydroxylation is 1. The Kier molecular flexibility index (Phi) is 6.47. The lowest BCUT2D eigenvalue weighted by Gasteiger charge is -2.33. The monoisotopic (exact) mass is 639 g/mol. The summed E-state index contributed by atoms with van der Waals surface area (Å²) in [4.78, 5) is 7.51. The molecule has 50 heavy (non-hydrogen) atoms. The van der Waals surface area contributed by atoms with Crippen molar-refractivity contribution in [2.24, 2.45) is 0 Å². The van der Waals surface area contributed by atoms with Gasteiger partial charge in [-0.1, -0.05) is 110 Å². The molecule has 2 heterocycles. The number of imidazole rings is 1. The molecule has 1 aliphatic heterocycles. The Labute approximate surface area is 291 Å². The van der Waals surface area contributed by atoms with E-state index in [-0.39, 0.29) is 0 Å². The highest BCUT2D eigenvalue weighted by molar-refractivity contribution is 6.02. The Hall–Kier alpha value is -6.45. The Bertz CT molecular complexity index is 2660. The lowest BCUT2D eigenvalue weighted by molar-refractivity contribution is 0.900. The van der Waals surface area contributed by atoms with Crippen LogP contribution in [-0.2, 0) is 6.42 Å².